The molecule has 2 N–H and O–H groups in total. The van der Waals surface area contributed by atoms with Crippen LogP contribution in [0.4, 0.5) is 13.2 Å². The van der Waals surface area contributed by atoms with Crippen LogP contribution in [0.1, 0.15) is 15.9 Å². The minimum Gasteiger partial charge on any atom is -0.400 e. The van der Waals surface area contributed by atoms with E-state index in [9.17, 15) is 18.0 Å². The van der Waals surface area contributed by atoms with Gasteiger partial charge >= 0.3 is 6.18 Å². The molecule has 1 aromatic carbocycles. The number of ether oxygens (including phenoxy) is 1. The average molecular weight is 259 g/mol. The third-order valence-electron chi connectivity index (χ3n) is 2.12. The van der Waals surface area contributed by atoms with Crippen molar-refractivity contribution in [3.05, 3.63) is 47.2 Å². The first-order valence-electron chi connectivity index (χ1n) is 5.01. The van der Waals surface area contributed by atoms with Gasteiger partial charge in [-0.25, -0.2) is 0 Å². The van der Waals surface area contributed by atoms with Crippen LogP contribution < -0.4 is 5.73 Å². The maximum absolute atomic E-state index is 12.3. The van der Waals surface area contributed by atoms with Gasteiger partial charge in [0, 0.05) is 24.4 Å². The van der Waals surface area contributed by atoms with Crippen LogP contribution in [0.25, 0.3) is 0 Å². The first kappa shape index (κ1) is 14.2. The summed E-state index contributed by atoms with van der Waals surface area (Å²) in [5.41, 5.74) is 5.01. The molecule has 0 radical (unpaired) electrons. The molecule has 0 aliphatic heterocycles. The third-order valence-corrected chi connectivity index (χ3v) is 2.12. The fraction of sp³-hybridized carbons (Fsp3) is 0.250. The monoisotopic (exact) mass is 259 g/mol. The highest BCUT2D eigenvalue weighted by molar-refractivity contribution is 6.04. The molecule has 18 heavy (non-hydrogen) atoms. The molecule has 1 rings (SSSR count). The van der Waals surface area contributed by atoms with E-state index < -0.39 is 17.5 Å². The number of nitrogens with two attached hydrogens (primary N) is 1. The normalized spacial score (nSPS) is 12.6. The second-order valence-corrected chi connectivity index (χ2v) is 3.59. The van der Waals surface area contributed by atoms with Crippen LogP contribution in [0, 0.1) is 0 Å². The average Bonchev–Trinajstić information content (AvgIpc) is 2.28. The van der Waals surface area contributed by atoms with Gasteiger partial charge in [0.1, 0.15) is 0 Å². The lowest BCUT2D eigenvalue weighted by Gasteiger charge is -2.06. The molecule has 0 bridgehead atoms. The summed E-state index contributed by atoms with van der Waals surface area (Å²) in [6.45, 7) is 0.0897. The molecular weight excluding hydrogens is 247 g/mol. The van der Waals surface area contributed by atoms with Crippen LogP contribution in [-0.2, 0) is 10.9 Å². The molecule has 0 saturated heterocycles. The van der Waals surface area contributed by atoms with Gasteiger partial charge in [0.05, 0.1) is 12.2 Å². The Bertz CT molecular complexity index is 449. The number of carbonyl (C=O) groups excluding carboxylic acids is 1. The maximum atomic E-state index is 12.3. The molecule has 6 heteroatoms. The lowest BCUT2D eigenvalue weighted by Crippen LogP contribution is -2.09. The summed E-state index contributed by atoms with van der Waals surface area (Å²) < 4.78 is 41.6. The van der Waals surface area contributed by atoms with Crippen LogP contribution in [-0.4, -0.2) is 19.5 Å². The second-order valence-electron chi connectivity index (χ2n) is 3.59. The van der Waals surface area contributed by atoms with Crippen LogP contribution in [0.5, 0.6) is 0 Å². The van der Waals surface area contributed by atoms with Crippen molar-refractivity contribution < 1.29 is 22.7 Å². The zero-order valence-electron chi connectivity index (χ0n) is 9.62. The third kappa shape index (κ3) is 3.89. The number of alkyl halides is 3. The first-order chi connectivity index (χ1) is 8.34. The number of carbonyl (C=O) groups is 1. The van der Waals surface area contributed by atoms with Crippen molar-refractivity contribution in [3.63, 3.8) is 0 Å². The number of rotatable bonds is 4. The summed E-state index contributed by atoms with van der Waals surface area (Å²) in [7, 11) is 1.42. The fourth-order valence-electron chi connectivity index (χ4n) is 1.28. The Balaban J connectivity index is 2.86. The quantitative estimate of drug-likeness (QED) is 0.667. The van der Waals surface area contributed by atoms with Gasteiger partial charge in [-0.1, -0.05) is 12.1 Å². The standard InChI is InChI=1S/C12H12F3NO2/c1-18-7-10(16)6-11(17)8-2-4-9(5-3-8)12(13,14)15/h2-6H,7,16H2,1H3/b10-6-. The number of hydrogen-bond acceptors (Lipinski definition) is 3. The summed E-state index contributed by atoms with van der Waals surface area (Å²) in [6.07, 6.45) is -3.28. The summed E-state index contributed by atoms with van der Waals surface area (Å²) in [4.78, 5) is 11.6. The van der Waals surface area contributed by atoms with Crippen LogP contribution in [0.15, 0.2) is 36.0 Å². The molecule has 0 heterocycles. The molecule has 0 saturated carbocycles. The SMILES string of the molecule is COC/C(N)=C/C(=O)c1ccc(C(F)(F)F)cc1. The van der Waals surface area contributed by atoms with Crippen molar-refractivity contribution >= 4 is 5.78 Å². The van der Waals surface area contributed by atoms with E-state index >= 15 is 0 Å². The number of methoxy groups -OCH3 is 1. The van der Waals surface area contributed by atoms with Crippen LogP contribution in [0.3, 0.4) is 0 Å². The Morgan fingerprint density at radius 3 is 2.33 bits per heavy atom. The van der Waals surface area contributed by atoms with Crippen molar-refractivity contribution in [3.8, 4) is 0 Å². The minimum atomic E-state index is -4.41. The number of ketones is 1. The number of benzene rings is 1. The molecule has 0 atom stereocenters. The Morgan fingerprint density at radius 1 is 1.33 bits per heavy atom. The maximum Gasteiger partial charge on any atom is 0.416 e. The van der Waals surface area contributed by atoms with Gasteiger partial charge in [0.15, 0.2) is 5.78 Å². The van der Waals surface area contributed by atoms with Gasteiger partial charge < -0.3 is 10.5 Å². The lowest BCUT2D eigenvalue weighted by molar-refractivity contribution is -0.137. The Morgan fingerprint density at radius 2 is 1.89 bits per heavy atom. The lowest BCUT2D eigenvalue weighted by atomic mass is 10.1. The number of halogens is 3. The molecule has 98 valence electrons. The van der Waals surface area contributed by atoms with Crippen molar-refractivity contribution in [2.24, 2.45) is 5.73 Å². The fourth-order valence-corrected chi connectivity index (χ4v) is 1.28. The van der Waals surface area contributed by atoms with Crippen molar-refractivity contribution in [2.45, 2.75) is 6.18 Å². The van der Waals surface area contributed by atoms with E-state index in [4.69, 9.17) is 10.5 Å². The predicted octanol–water partition coefficient (Wildman–Crippen LogP) is 2.38. The van der Waals surface area contributed by atoms with E-state index in [1.54, 1.807) is 0 Å². The summed E-state index contributed by atoms with van der Waals surface area (Å²) in [6, 6.07) is 3.94. The van der Waals surface area contributed by atoms with E-state index in [1.807, 2.05) is 0 Å². The molecule has 0 amide bonds. The van der Waals surface area contributed by atoms with Gasteiger partial charge in [-0.05, 0) is 12.1 Å². The van der Waals surface area contributed by atoms with Gasteiger partial charge in [0.2, 0.25) is 0 Å². The van der Waals surface area contributed by atoms with Crippen molar-refractivity contribution in [1.29, 1.82) is 0 Å². The number of hydrogen-bond donors (Lipinski definition) is 1. The molecule has 0 unspecified atom stereocenters. The second kappa shape index (κ2) is 5.68. The van der Waals surface area contributed by atoms with Crippen LogP contribution >= 0.6 is 0 Å². The smallest absolute Gasteiger partial charge is 0.400 e. The van der Waals surface area contributed by atoms with Crippen LogP contribution in [0.2, 0.25) is 0 Å². The highest BCUT2D eigenvalue weighted by atomic mass is 19.4. The molecule has 1 aromatic rings. The first-order valence-corrected chi connectivity index (χ1v) is 5.01. The van der Waals surface area contributed by atoms with Crippen molar-refractivity contribution in [1.82, 2.24) is 0 Å². The molecule has 0 fully saturated rings. The van der Waals surface area contributed by atoms with Gasteiger partial charge in [-0.15, -0.1) is 0 Å². The van der Waals surface area contributed by atoms with Gasteiger partial charge in [-0.3, -0.25) is 4.79 Å². The van der Waals surface area contributed by atoms with E-state index in [0.29, 0.717) is 0 Å². The molecular formula is C12H12F3NO2. The Kier molecular flexibility index (Phi) is 4.49. The summed E-state index contributed by atoms with van der Waals surface area (Å²) in [5.74, 6) is -0.460. The predicted molar refractivity (Wildman–Crippen MR) is 59.9 cm³/mol. The highest BCUT2D eigenvalue weighted by Crippen LogP contribution is 2.29. The topological polar surface area (TPSA) is 52.3 Å². The molecule has 0 aliphatic carbocycles. The van der Waals surface area contributed by atoms with E-state index in [-0.39, 0.29) is 17.9 Å². The van der Waals surface area contributed by atoms with Gasteiger partial charge in [0.25, 0.3) is 0 Å². The van der Waals surface area contributed by atoms with Crippen molar-refractivity contribution in [2.75, 3.05) is 13.7 Å². The van der Waals surface area contributed by atoms with E-state index in [2.05, 4.69) is 0 Å². The zero-order chi connectivity index (χ0) is 13.8. The molecule has 0 aliphatic rings. The Labute approximate surface area is 102 Å². The summed E-state index contributed by atoms with van der Waals surface area (Å²) in [5, 5.41) is 0. The van der Waals surface area contributed by atoms with Gasteiger partial charge in [-0.2, -0.15) is 13.2 Å². The summed E-state index contributed by atoms with van der Waals surface area (Å²) >= 11 is 0. The molecule has 3 nitrogen and oxygen atoms in total. The highest BCUT2D eigenvalue weighted by Gasteiger charge is 2.30. The Hall–Kier alpha value is -1.82. The number of allylic oxidation sites excluding steroid dienone is 1. The largest absolute Gasteiger partial charge is 0.416 e. The minimum absolute atomic E-state index is 0.0897. The molecule has 0 spiro atoms. The zero-order valence-corrected chi connectivity index (χ0v) is 9.62. The molecule has 0 aromatic heterocycles. The van der Waals surface area contributed by atoms with E-state index in [1.165, 1.54) is 7.11 Å². The van der Waals surface area contributed by atoms with E-state index in [0.717, 1.165) is 30.3 Å².